The van der Waals surface area contributed by atoms with E-state index in [1.807, 2.05) is 24.3 Å². The molecule has 0 aliphatic heterocycles. The quantitative estimate of drug-likeness (QED) is 0.300. The van der Waals surface area contributed by atoms with Gasteiger partial charge < -0.3 is 17.7 Å². The Morgan fingerprint density at radius 2 is 0.933 bits per heavy atom. The smallest absolute Gasteiger partial charge is 0.298 e. The maximum Gasteiger partial charge on any atom is 0.298 e. The van der Waals surface area contributed by atoms with Crippen molar-refractivity contribution >= 4 is 44.3 Å². The summed E-state index contributed by atoms with van der Waals surface area (Å²) in [5.74, 6) is 1.13. The lowest BCUT2D eigenvalue weighted by Crippen LogP contribution is -1.82. The van der Waals surface area contributed by atoms with Crippen LogP contribution in [0.5, 0.6) is 0 Å². The molecule has 30 heavy (non-hydrogen) atoms. The summed E-state index contributed by atoms with van der Waals surface area (Å²) in [6.07, 6.45) is 3.31. The number of furan rings is 4. The Labute approximate surface area is 169 Å². The SMILES string of the molecule is c1cc(-c2ccc3oc4occc4c3c2)cc(-c2ccc3oc4occc4c3c2)c1. The third-order valence-electron chi connectivity index (χ3n) is 5.73. The fraction of sp³-hybridized carbons (Fsp3) is 0. The van der Waals surface area contributed by atoms with Gasteiger partial charge in [0.2, 0.25) is 0 Å². The highest BCUT2D eigenvalue weighted by Gasteiger charge is 2.13. The molecule has 3 aromatic carbocycles. The van der Waals surface area contributed by atoms with E-state index in [1.165, 1.54) is 0 Å². The van der Waals surface area contributed by atoms with Gasteiger partial charge in [-0.1, -0.05) is 30.3 Å². The van der Waals surface area contributed by atoms with Gasteiger partial charge in [0, 0.05) is 10.8 Å². The van der Waals surface area contributed by atoms with E-state index < -0.39 is 0 Å². The monoisotopic (exact) mass is 390 g/mol. The van der Waals surface area contributed by atoms with Crippen molar-refractivity contribution in [3.05, 3.63) is 85.3 Å². The number of benzene rings is 3. The van der Waals surface area contributed by atoms with Gasteiger partial charge in [-0.3, -0.25) is 0 Å². The Kier molecular flexibility index (Phi) is 2.97. The highest BCUT2D eigenvalue weighted by Crippen LogP contribution is 2.36. The molecule has 0 aliphatic rings. The zero-order chi connectivity index (χ0) is 19.7. The van der Waals surface area contributed by atoms with E-state index in [0.29, 0.717) is 11.6 Å². The van der Waals surface area contributed by atoms with Crippen molar-refractivity contribution in [3.63, 3.8) is 0 Å². The minimum Gasteiger partial charge on any atom is -0.433 e. The van der Waals surface area contributed by atoms with Crippen molar-refractivity contribution in [2.24, 2.45) is 0 Å². The van der Waals surface area contributed by atoms with Crippen LogP contribution in [0.15, 0.2) is 103 Å². The van der Waals surface area contributed by atoms with Gasteiger partial charge in [0.1, 0.15) is 11.2 Å². The molecule has 4 heteroatoms. The zero-order valence-electron chi connectivity index (χ0n) is 15.7. The van der Waals surface area contributed by atoms with Crippen LogP contribution in [0.3, 0.4) is 0 Å². The normalized spacial score (nSPS) is 12.0. The molecule has 0 saturated carbocycles. The number of rotatable bonds is 2. The van der Waals surface area contributed by atoms with E-state index in [4.69, 9.17) is 17.7 Å². The van der Waals surface area contributed by atoms with Gasteiger partial charge in [0.25, 0.3) is 11.6 Å². The van der Waals surface area contributed by atoms with Crippen molar-refractivity contribution < 1.29 is 17.7 Å². The summed E-state index contributed by atoms with van der Waals surface area (Å²) in [6, 6.07) is 24.9. The van der Waals surface area contributed by atoms with E-state index in [0.717, 1.165) is 55.0 Å². The summed E-state index contributed by atoms with van der Waals surface area (Å²) in [6.45, 7) is 0. The second kappa shape index (κ2) is 5.67. The molecular weight excluding hydrogens is 376 g/mol. The molecule has 0 unspecified atom stereocenters. The van der Waals surface area contributed by atoms with E-state index in [9.17, 15) is 0 Å². The average molecular weight is 390 g/mol. The van der Waals surface area contributed by atoms with E-state index in [-0.39, 0.29) is 0 Å². The molecule has 4 aromatic heterocycles. The third kappa shape index (κ3) is 2.16. The minimum absolute atomic E-state index is 0.565. The second-order valence-electron chi connectivity index (χ2n) is 7.45. The molecule has 0 aliphatic carbocycles. The van der Waals surface area contributed by atoms with E-state index >= 15 is 0 Å². The maximum atomic E-state index is 5.75. The molecule has 0 saturated heterocycles. The van der Waals surface area contributed by atoms with Gasteiger partial charge in [-0.2, -0.15) is 0 Å². The number of hydrogen-bond acceptors (Lipinski definition) is 4. The Morgan fingerprint density at radius 3 is 1.47 bits per heavy atom. The molecule has 0 amide bonds. The van der Waals surface area contributed by atoms with Crippen LogP contribution in [-0.2, 0) is 0 Å². The molecule has 0 fully saturated rings. The largest absolute Gasteiger partial charge is 0.433 e. The Hall–Kier alpha value is -4.18. The van der Waals surface area contributed by atoms with Crippen molar-refractivity contribution in [2.45, 2.75) is 0 Å². The first-order valence-corrected chi connectivity index (χ1v) is 9.74. The number of hydrogen-bond donors (Lipinski definition) is 0. The molecule has 7 rings (SSSR count). The van der Waals surface area contributed by atoms with Crippen molar-refractivity contribution in [3.8, 4) is 22.3 Å². The van der Waals surface area contributed by atoms with Crippen LogP contribution < -0.4 is 0 Å². The molecule has 4 heterocycles. The average Bonchev–Trinajstić information content (AvgIpc) is 3.54. The highest BCUT2D eigenvalue weighted by molar-refractivity contribution is 6.06. The van der Waals surface area contributed by atoms with Crippen LogP contribution in [0, 0.1) is 0 Å². The lowest BCUT2D eigenvalue weighted by molar-refractivity contribution is 0.498. The summed E-state index contributed by atoms with van der Waals surface area (Å²) in [5, 5.41) is 4.11. The Morgan fingerprint density at radius 1 is 0.433 bits per heavy atom. The fourth-order valence-electron chi connectivity index (χ4n) is 4.24. The number of fused-ring (bicyclic) bond motifs is 6. The standard InChI is InChI=1S/C26H14O4/c1-2-15(17-4-6-23-21(13-17)19-8-10-27-25(19)29-23)12-16(3-1)18-5-7-24-22(14-18)20-9-11-28-26(20)30-24/h1-14H. The maximum absolute atomic E-state index is 5.75. The van der Waals surface area contributed by atoms with Gasteiger partial charge in [0.05, 0.1) is 23.3 Å². The fourth-order valence-corrected chi connectivity index (χ4v) is 4.24. The summed E-state index contributed by atoms with van der Waals surface area (Å²) in [7, 11) is 0. The molecule has 4 nitrogen and oxygen atoms in total. The predicted molar refractivity (Wildman–Crippen MR) is 116 cm³/mol. The first-order valence-electron chi connectivity index (χ1n) is 9.74. The lowest BCUT2D eigenvalue weighted by Gasteiger charge is -2.07. The lowest BCUT2D eigenvalue weighted by atomic mass is 9.97. The van der Waals surface area contributed by atoms with Crippen LogP contribution in [0.4, 0.5) is 0 Å². The molecule has 0 bridgehead atoms. The Bertz CT molecular complexity index is 1580. The molecule has 0 N–H and O–H groups in total. The van der Waals surface area contributed by atoms with Crippen molar-refractivity contribution in [2.75, 3.05) is 0 Å². The van der Waals surface area contributed by atoms with Crippen LogP contribution in [0.1, 0.15) is 0 Å². The first kappa shape index (κ1) is 15.7. The highest BCUT2D eigenvalue weighted by atomic mass is 16.5. The summed E-state index contributed by atoms with van der Waals surface area (Å²) >= 11 is 0. The summed E-state index contributed by atoms with van der Waals surface area (Å²) in [5.41, 5.74) is 6.23. The van der Waals surface area contributed by atoms with E-state index in [1.54, 1.807) is 12.5 Å². The van der Waals surface area contributed by atoms with Gasteiger partial charge in [-0.15, -0.1) is 0 Å². The predicted octanol–water partition coefficient (Wildman–Crippen LogP) is 8.01. The molecule has 0 atom stereocenters. The van der Waals surface area contributed by atoms with Crippen LogP contribution in [0.25, 0.3) is 66.5 Å². The molecule has 7 aromatic rings. The molecule has 0 radical (unpaired) electrons. The van der Waals surface area contributed by atoms with Crippen molar-refractivity contribution in [1.29, 1.82) is 0 Å². The summed E-state index contributed by atoms with van der Waals surface area (Å²) < 4.78 is 22.3. The second-order valence-corrected chi connectivity index (χ2v) is 7.45. The van der Waals surface area contributed by atoms with Gasteiger partial charge in [-0.05, 0) is 64.7 Å². The van der Waals surface area contributed by atoms with Crippen LogP contribution in [0.2, 0.25) is 0 Å². The molecular formula is C26H14O4. The van der Waals surface area contributed by atoms with Gasteiger partial charge >= 0.3 is 0 Å². The topological polar surface area (TPSA) is 52.6 Å². The van der Waals surface area contributed by atoms with Crippen LogP contribution in [-0.4, -0.2) is 0 Å². The third-order valence-corrected chi connectivity index (χ3v) is 5.73. The molecule has 142 valence electrons. The van der Waals surface area contributed by atoms with Gasteiger partial charge in [0.15, 0.2) is 0 Å². The Balaban J connectivity index is 1.37. The summed E-state index contributed by atoms with van der Waals surface area (Å²) in [4.78, 5) is 0. The minimum atomic E-state index is 0.565. The molecule has 0 spiro atoms. The van der Waals surface area contributed by atoms with Crippen LogP contribution >= 0.6 is 0 Å². The van der Waals surface area contributed by atoms with Crippen molar-refractivity contribution in [1.82, 2.24) is 0 Å². The van der Waals surface area contributed by atoms with Gasteiger partial charge in [-0.25, -0.2) is 0 Å². The van der Waals surface area contributed by atoms with E-state index in [2.05, 4.69) is 48.5 Å². The zero-order valence-corrected chi connectivity index (χ0v) is 15.7. The first-order chi connectivity index (χ1) is 14.8.